The van der Waals surface area contributed by atoms with Gasteiger partial charge in [-0.05, 0) is 24.3 Å². The molecule has 2 aromatic rings. The topological polar surface area (TPSA) is 54.5 Å². The highest BCUT2D eigenvalue weighted by Crippen LogP contribution is 2.18. The number of piperidine rings is 1. The third-order valence-electron chi connectivity index (χ3n) is 3.96. The minimum Gasteiger partial charge on any atom is -0.490 e. The average molecular weight is 311 g/mol. The Bertz CT molecular complexity index is 611. The number of hydrogen-bond donors (Lipinski definition) is 1. The van der Waals surface area contributed by atoms with Crippen molar-refractivity contribution in [2.45, 2.75) is 18.9 Å². The summed E-state index contributed by atoms with van der Waals surface area (Å²) in [5, 5.41) is 3.16. The number of carbonyl (C=O) groups is 1. The molecule has 0 spiro atoms. The lowest BCUT2D eigenvalue weighted by Gasteiger charge is -2.32. The molecule has 0 saturated carbocycles. The van der Waals surface area contributed by atoms with E-state index < -0.39 is 0 Å². The molecule has 1 saturated heterocycles. The molecule has 5 nitrogen and oxygen atoms in total. The Hall–Kier alpha value is -2.56. The van der Waals surface area contributed by atoms with Crippen LogP contribution < -0.4 is 10.1 Å². The molecular formula is C18H21N3O2. The van der Waals surface area contributed by atoms with Crippen LogP contribution in [0.15, 0.2) is 54.9 Å². The summed E-state index contributed by atoms with van der Waals surface area (Å²) in [5.41, 5.74) is 0.969. The van der Waals surface area contributed by atoms with E-state index >= 15 is 0 Å². The highest BCUT2D eigenvalue weighted by atomic mass is 16.5. The predicted molar refractivity (Wildman–Crippen MR) is 89.4 cm³/mol. The maximum atomic E-state index is 12.3. The summed E-state index contributed by atoms with van der Waals surface area (Å²) < 4.78 is 5.92. The minimum atomic E-state index is 0.135. The summed E-state index contributed by atoms with van der Waals surface area (Å²) in [6.45, 7) is 1.82. The Morgan fingerprint density at radius 1 is 1.13 bits per heavy atom. The number of likely N-dealkylation sites (tertiary alicyclic amines) is 1. The van der Waals surface area contributed by atoms with Gasteiger partial charge in [0.05, 0.1) is 6.54 Å². The first-order chi connectivity index (χ1) is 11.3. The van der Waals surface area contributed by atoms with Crippen molar-refractivity contribution >= 4 is 11.6 Å². The molecule has 1 aromatic carbocycles. The van der Waals surface area contributed by atoms with Gasteiger partial charge < -0.3 is 15.0 Å². The molecule has 3 rings (SSSR count). The van der Waals surface area contributed by atoms with Gasteiger partial charge in [0.25, 0.3) is 0 Å². The van der Waals surface area contributed by atoms with E-state index in [-0.39, 0.29) is 12.0 Å². The molecule has 1 amide bonds. The van der Waals surface area contributed by atoms with Crippen molar-refractivity contribution in [1.82, 2.24) is 9.88 Å². The molecule has 1 N–H and O–H groups in total. The van der Waals surface area contributed by atoms with E-state index in [0.29, 0.717) is 6.54 Å². The lowest BCUT2D eigenvalue weighted by Crippen LogP contribution is -2.44. The number of para-hydroxylation sites is 1. The number of carbonyl (C=O) groups excluding carboxylic acids is 1. The smallest absolute Gasteiger partial charge is 0.241 e. The van der Waals surface area contributed by atoms with Crippen LogP contribution in [0.4, 0.5) is 5.69 Å². The number of amides is 1. The molecule has 1 fully saturated rings. The maximum absolute atomic E-state index is 12.3. The second-order valence-corrected chi connectivity index (χ2v) is 5.60. The highest BCUT2D eigenvalue weighted by Gasteiger charge is 2.23. The van der Waals surface area contributed by atoms with Crippen molar-refractivity contribution in [1.29, 1.82) is 0 Å². The van der Waals surface area contributed by atoms with Crippen LogP contribution in [0.2, 0.25) is 0 Å². The maximum Gasteiger partial charge on any atom is 0.241 e. The lowest BCUT2D eigenvalue weighted by atomic mass is 10.1. The van der Waals surface area contributed by atoms with Gasteiger partial charge in [-0.25, -0.2) is 0 Å². The molecule has 0 radical (unpaired) electrons. The lowest BCUT2D eigenvalue weighted by molar-refractivity contribution is -0.131. The predicted octanol–water partition coefficient (Wildman–Crippen LogP) is 2.56. The third-order valence-corrected chi connectivity index (χ3v) is 3.96. The summed E-state index contributed by atoms with van der Waals surface area (Å²) in [5.74, 6) is 0.978. The van der Waals surface area contributed by atoms with E-state index in [1.807, 2.05) is 47.4 Å². The Morgan fingerprint density at radius 2 is 1.83 bits per heavy atom. The molecule has 23 heavy (non-hydrogen) atoms. The molecule has 2 heterocycles. The summed E-state index contributed by atoms with van der Waals surface area (Å²) in [4.78, 5) is 18.1. The normalized spacial score (nSPS) is 15.2. The molecular weight excluding hydrogens is 290 g/mol. The number of benzene rings is 1. The van der Waals surface area contributed by atoms with Gasteiger partial charge in [0.1, 0.15) is 11.9 Å². The van der Waals surface area contributed by atoms with Crippen LogP contribution in [0.5, 0.6) is 5.75 Å². The summed E-state index contributed by atoms with van der Waals surface area (Å²) >= 11 is 0. The van der Waals surface area contributed by atoms with Crippen LogP contribution in [0.3, 0.4) is 0 Å². The number of hydrogen-bond acceptors (Lipinski definition) is 4. The van der Waals surface area contributed by atoms with Crippen LogP contribution >= 0.6 is 0 Å². The Balaban J connectivity index is 1.42. The van der Waals surface area contributed by atoms with Crippen molar-refractivity contribution in [3.05, 3.63) is 54.9 Å². The van der Waals surface area contributed by atoms with Crippen LogP contribution in [0.1, 0.15) is 12.8 Å². The van der Waals surface area contributed by atoms with Crippen LogP contribution in [-0.2, 0) is 4.79 Å². The van der Waals surface area contributed by atoms with Crippen molar-refractivity contribution in [3.63, 3.8) is 0 Å². The number of pyridine rings is 1. The molecule has 120 valence electrons. The van der Waals surface area contributed by atoms with Crippen molar-refractivity contribution in [2.24, 2.45) is 0 Å². The van der Waals surface area contributed by atoms with Crippen molar-refractivity contribution in [2.75, 3.05) is 25.0 Å². The number of nitrogens with zero attached hydrogens (tertiary/aromatic N) is 2. The van der Waals surface area contributed by atoms with Crippen molar-refractivity contribution in [3.8, 4) is 5.75 Å². The molecule has 1 aliphatic rings. The molecule has 0 aliphatic carbocycles. The SMILES string of the molecule is O=C(CNc1ccccc1)N1CCC(Oc2ccncc2)CC1. The van der Waals surface area contributed by atoms with Gasteiger partial charge in [-0.15, -0.1) is 0 Å². The quantitative estimate of drug-likeness (QED) is 0.922. The first-order valence-electron chi connectivity index (χ1n) is 7.94. The highest BCUT2D eigenvalue weighted by molar-refractivity contribution is 5.80. The van der Waals surface area contributed by atoms with Gasteiger partial charge >= 0.3 is 0 Å². The largest absolute Gasteiger partial charge is 0.490 e. The number of rotatable bonds is 5. The first kappa shape index (κ1) is 15.3. The second-order valence-electron chi connectivity index (χ2n) is 5.60. The first-order valence-corrected chi connectivity index (χ1v) is 7.94. The van der Waals surface area contributed by atoms with E-state index in [1.54, 1.807) is 12.4 Å². The van der Waals surface area contributed by atoms with Gasteiger partial charge in [-0.2, -0.15) is 0 Å². The summed E-state index contributed by atoms with van der Waals surface area (Å²) in [6.07, 6.45) is 5.34. The van der Waals surface area contributed by atoms with E-state index in [4.69, 9.17) is 4.74 Å². The number of anilines is 1. The standard InChI is InChI=1S/C18H21N3O2/c22-18(14-20-15-4-2-1-3-5-15)21-12-8-17(9-13-21)23-16-6-10-19-11-7-16/h1-7,10-11,17,20H,8-9,12-14H2. The van der Waals surface area contributed by atoms with Gasteiger partial charge in [0, 0.05) is 44.0 Å². The average Bonchev–Trinajstić information content (AvgIpc) is 2.62. The number of nitrogens with one attached hydrogen (secondary N) is 1. The zero-order valence-electron chi connectivity index (χ0n) is 13.0. The molecule has 5 heteroatoms. The van der Waals surface area contributed by atoms with Crippen molar-refractivity contribution < 1.29 is 9.53 Å². The van der Waals surface area contributed by atoms with E-state index in [1.165, 1.54) is 0 Å². The summed E-state index contributed by atoms with van der Waals surface area (Å²) in [7, 11) is 0. The van der Waals surface area contributed by atoms with E-state index in [0.717, 1.165) is 37.4 Å². The summed E-state index contributed by atoms with van der Waals surface area (Å²) in [6, 6.07) is 13.5. The molecule has 1 aliphatic heterocycles. The molecule has 1 aromatic heterocycles. The fourth-order valence-electron chi connectivity index (χ4n) is 2.68. The Kier molecular flexibility index (Phi) is 5.09. The Morgan fingerprint density at radius 3 is 2.52 bits per heavy atom. The monoisotopic (exact) mass is 311 g/mol. The minimum absolute atomic E-state index is 0.135. The molecule has 0 atom stereocenters. The van der Waals surface area contributed by atoms with Crippen LogP contribution in [0, 0.1) is 0 Å². The molecule has 0 unspecified atom stereocenters. The third kappa shape index (κ3) is 4.45. The number of aromatic nitrogens is 1. The Labute approximate surface area is 136 Å². The van der Waals surface area contributed by atoms with Gasteiger partial charge in [0.15, 0.2) is 0 Å². The van der Waals surface area contributed by atoms with E-state index in [9.17, 15) is 4.79 Å². The van der Waals surface area contributed by atoms with Gasteiger partial charge in [-0.1, -0.05) is 18.2 Å². The van der Waals surface area contributed by atoms with Gasteiger partial charge in [0.2, 0.25) is 5.91 Å². The van der Waals surface area contributed by atoms with E-state index in [2.05, 4.69) is 10.3 Å². The van der Waals surface area contributed by atoms with Crippen LogP contribution in [0.25, 0.3) is 0 Å². The number of ether oxygens (including phenoxy) is 1. The second kappa shape index (κ2) is 7.63. The molecule has 0 bridgehead atoms. The fraction of sp³-hybridized carbons (Fsp3) is 0.333. The van der Waals surface area contributed by atoms with Crippen LogP contribution in [-0.4, -0.2) is 41.5 Å². The zero-order chi connectivity index (χ0) is 15.9. The zero-order valence-corrected chi connectivity index (χ0v) is 13.0. The fourth-order valence-corrected chi connectivity index (χ4v) is 2.68. The van der Waals surface area contributed by atoms with Gasteiger partial charge in [-0.3, -0.25) is 9.78 Å².